The average molecular weight is 284 g/mol. The highest BCUT2D eigenvalue weighted by Crippen LogP contribution is 2.16. The lowest BCUT2D eigenvalue weighted by Gasteiger charge is -2.01. The summed E-state index contributed by atoms with van der Waals surface area (Å²) >= 11 is 1.32. The van der Waals surface area contributed by atoms with Gasteiger partial charge in [0.05, 0.1) is 19.2 Å². The number of nitrogens with one attached hydrogen (secondary N) is 1. The Balaban J connectivity index is 2.32. The normalized spacial score (nSPS) is 10.2. The van der Waals surface area contributed by atoms with Gasteiger partial charge in [-0.1, -0.05) is 26.2 Å². The number of hydrogen-bond donors (Lipinski definition) is 1. The largest absolute Gasteiger partial charge is 0.469 e. The second-order valence-electron chi connectivity index (χ2n) is 4.26. The number of nitrogens with zero attached hydrogens (tertiary/aromatic N) is 1. The Morgan fingerprint density at radius 3 is 2.84 bits per heavy atom. The number of amides is 1. The summed E-state index contributed by atoms with van der Waals surface area (Å²) in [5.74, 6) is -0.349. The van der Waals surface area contributed by atoms with E-state index < -0.39 is 0 Å². The number of ether oxygens (including phenoxy) is 1. The lowest BCUT2D eigenvalue weighted by molar-refractivity contribution is -0.139. The molecule has 6 heteroatoms. The molecule has 0 saturated heterocycles. The number of methoxy groups -OCH3 is 1. The van der Waals surface area contributed by atoms with E-state index in [9.17, 15) is 9.59 Å². The topological polar surface area (TPSA) is 68.3 Å². The van der Waals surface area contributed by atoms with Crippen LogP contribution in [0.1, 0.15) is 44.7 Å². The van der Waals surface area contributed by atoms with Gasteiger partial charge in [-0.05, 0) is 6.42 Å². The molecule has 0 aromatic carbocycles. The summed E-state index contributed by atoms with van der Waals surface area (Å²) in [4.78, 5) is 26.9. The molecule has 1 rings (SSSR count). The van der Waals surface area contributed by atoms with E-state index in [0.29, 0.717) is 17.2 Å². The van der Waals surface area contributed by atoms with Crippen molar-refractivity contribution in [2.45, 2.75) is 45.4 Å². The Bertz CT molecular complexity index is 418. The van der Waals surface area contributed by atoms with Crippen LogP contribution in [0, 0.1) is 0 Å². The molecule has 1 aromatic rings. The number of carbonyl (C=O) groups is 2. The summed E-state index contributed by atoms with van der Waals surface area (Å²) in [5.41, 5.74) is 0.623. The number of thiazole rings is 1. The number of rotatable bonds is 8. The minimum absolute atomic E-state index is 0.0185. The van der Waals surface area contributed by atoms with Crippen LogP contribution >= 0.6 is 11.3 Å². The highest BCUT2D eigenvalue weighted by atomic mass is 32.1. The van der Waals surface area contributed by atoms with E-state index in [1.165, 1.54) is 18.4 Å². The van der Waals surface area contributed by atoms with Gasteiger partial charge in [-0.25, -0.2) is 4.98 Å². The third kappa shape index (κ3) is 6.33. The highest BCUT2D eigenvalue weighted by Gasteiger charge is 2.09. The van der Waals surface area contributed by atoms with Crippen molar-refractivity contribution in [1.82, 2.24) is 4.98 Å². The van der Waals surface area contributed by atoms with E-state index in [2.05, 4.69) is 22.0 Å². The monoisotopic (exact) mass is 284 g/mol. The maximum atomic E-state index is 11.6. The number of carbonyl (C=O) groups excluding carboxylic acids is 2. The molecule has 0 unspecified atom stereocenters. The zero-order valence-electron chi connectivity index (χ0n) is 11.4. The molecule has 0 aliphatic rings. The summed E-state index contributed by atoms with van der Waals surface area (Å²) in [7, 11) is 1.34. The van der Waals surface area contributed by atoms with Crippen molar-refractivity contribution >= 4 is 28.3 Å². The molecule has 0 spiro atoms. The smallest absolute Gasteiger partial charge is 0.311 e. The number of aromatic nitrogens is 1. The second kappa shape index (κ2) is 8.63. The van der Waals surface area contributed by atoms with Crippen molar-refractivity contribution in [3.8, 4) is 0 Å². The summed E-state index contributed by atoms with van der Waals surface area (Å²) in [6.45, 7) is 2.14. The lowest BCUT2D eigenvalue weighted by atomic mass is 10.1. The first-order valence-corrected chi connectivity index (χ1v) is 7.34. The third-order valence-electron chi connectivity index (χ3n) is 2.61. The van der Waals surface area contributed by atoms with Crippen LogP contribution in [-0.2, 0) is 20.7 Å². The quantitative estimate of drug-likeness (QED) is 0.588. The first kappa shape index (κ1) is 15.6. The Hall–Kier alpha value is -1.43. The van der Waals surface area contributed by atoms with Crippen molar-refractivity contribution < 1.29 is 14.3 Å². The van der Waals surface area contributed by atoms with Gasteiger partial charge in [0.1, 0.15) is 0 Å². The number of esters is 1. The average Bonchev–Trinajstić information content (AvgIpc) is 2.81. The highest BCUT2D eigenvalue weighted by molar-refractivity contribution is 7.13. The third-order valence-corrected chi connectivity index (χ3v) is 3.42. The summed E-state index contributed by atoms with van der Waals surface area (Å²) in [6.07, 6.45) is 4.96. The zero-order chi connectivity index (χ0) is 14.1. The minimum Gasteiger partial charge on any atom is -0.469 e. The van der Waals surface area contributed by atoms with Gasteiger partial charge in [-0.15, -0.1) is 11.3 Å². The standard InChI is InChI=1S/C13H20N2O3S/c1-3-4-5-6-7-11(16)15-13-14-10(9-19-13)8-12(17)18-2/h9H,3-8H2,1-2H3,(H,14,15,16). The van der Waals surface area contributed by atoms with E-state index in [0.717, 1.165) is 25.7 Å². The molecule has 0 aliphatic carbocycles. The number of anilines is 1. The van der Waals surface area contributed by atoms with E-state index in [-0.39, 0.29) is 18.3 Å². The van der Waals surface area contributed by atoms with Gasteiger partial charge in [0.15, 0.2) is 5.13 Å². The van der Waals surface area contributed by atoms with E-state index >= 15 is 0 Å². The molecule has 1 N–H and O–H groups in total. The van der Waals surface area contributed by atoms with E-state index in [1.54, 1.807) is 5.38 Å². The Labute approximate surface area is 117 Å². The fourth-order valence-corrected chi connectivity index (χ4v) is 2.29. The van der Waals surface area contributed by atoms with Gasteiger partial charge in [0.2, 0.25) is 5.91 Å². The number of hydrogen-bond acceptors (Lipinski definition) is 5. The van der Waals surface area contributed by atoms with Crippen molar-refractivity contribution in [2.75, 3.05) is 12.4 Å². The molecule has 1 amide bonds. The summed E-state index contributed by atoms with van der Waals surface area (Å²) < 4.78 is 4.56. The van der Waals surface area contributed by atoms with Gasteiger partial charge >= 0.3 is 5.97 Å². The fourth-order valence-electron chi connectivity index (χ4n) is 1.56. The van der Waals surface area contributed by atoms with Crippen LogP contribution in [0.15, 0.2) is 5.38 Å². The maximum absolute atomic E-state index is 11.6. The predicted molar refractivity (Wildman–Crippen MR) is 75.2 cm³/mol. The van der Waals surface area contributed by atoms with Gasteiger partial charge in [0.25, 0.3) is 0 Å². The molecule has 0 atom stereocenters. The van der Waals surface area contributed by atoms with Crippen molar-refractivity contribution in [3.63, 3.8) is 0 Å². The van der Waals surface area contributed by atoms with Gasteiger partial charge in [-0.3, -0.25) is 9.59 Å². The number of unbranched alkanes of at least 4 members (excludes halogenated alkanes) is 3. The zero-order valence-corrected chi connectivity index (χ0v) is 12.2. The first-order chi connectivity index (χ1) is 9.15. The minimum atomic E-state index is -0.331. The van der Waals surface area contributed by atoms with E-state index in [1.807, 2.05) is 0 Å². The summed E-state index contributed by atoms with van der Waals surface area (Å²) in [5, 5.41) is 5.04. The molecule has 0 radical (unpaired) electrons. The van der Waals surface area contributed by atoms with Crippen LogP contribution < -0.4 is 5.32 Å². The van der Waals surface area contributed by atoms with E-state index in [4.69, 9.17) is 0 Å². The molecule has 0 bridgehead atoms. The molecule has 0 saturated carbocycles. The fraction of sp³-hybridized carbons (Fsp3) is 0.615. The Morgan fingerprint density at radius 2 is 2.16 bits per heavy atom. The Morgan fingerprint density at radius 1 is 1.37 bits per heavy atom. The molecule has 1 aromatic heterocycles. The molecule has 0 aliphatic heterocycles. The van der Waals surface area contributed by atoms with Crippen molar-refractivity contribution in [3.05, 3.63) is 11.1 Å². The van der Waals surface area contributed by atoms with Crippen LogP contribution in [0.25, 0.3) is 0 Å². The van der Waals surface area contributed by atoms with Crippen molar-refractivity contribution in [2.24, 2.45) is 0 Å². The van der Waals surface area contributed by atoms with Crippen LogP contribution in [0.4, 0.5) is 5.13 Å². The SMILES string of the molecule is CCCCCCC(=O)Nc1nc(CC(=O)OC)cs1. The van der Waals surface area contributed by atoms with Crippen LogP contribution in [0.5, 0.6) is 0 Å². The molecule has 106 valence electrons. The predicted octanol–water partition coefficient (Wildman–Crippen LogP) is 2.77. The van der Waals surface area contributed by atoms with Crippen molar-refractivity contribution in [1.29, 1.82) is 0 Å². The van der Waals surface area contributed by atoms with Gasteiger partial charge < -0.3 is 10.1 Å². The molecule has 1 heterocycles. The molecule has 5 nitrogen and oxygen atoms in total. The second-order valence-corrected chi connectivity index (χ2v) is 5.11. The molecule has 0 fully saturated rings. The lowest BCUT2D eigenvalue weighted by Crippen LogP contribution is -2.11. The van der Waals surface area contributed by atoms with Gasteiger partial charge in [0, 0.05) is 11.8 Å². The summed E-state index contributed by atoms with van der Waals surface area (Å²) in [6, 6.07) is 0. The van der Waals surface area contributed by atoms with Gasteiger partial charge in [-0.2, -0.15) is 0 Å². The molecular weight excluding hydrogens is 264 g/mol. The first-order valence-electron chi connectivity index (χ1n) is 6.46. The Kier molecular flexibility index (Phi) is 7.10. The van der Waals surface area contributed by atoms with Crippen LogP contribution in [0.2, 0.25) is 0 Å². The molecular formula is C13H20N2O3S. The molecule has 19 heavy (non-hydrogen) atoms. The van der Waals surface area contributed by atoms with Crippen LogP contribution in [-0.4, -0.2) is 24.0 Å². The maximum Gasteiger partial charge on any atom is 0.311 e. The van der Waals surface area contributed by atoms with Crippen LogP contribution in [0.3, 0.4) is 0 Å².